The predicted octanol–water partition coefficient (Wildman–Crippen LogP) is 2.33. The van der Waals surface area contributed by atoms with Gasteiger partial charge in [-0.25, -0.2) is 4.98 Å². The molecular formula is C11H13N3. The second-order valence-corrected chi connectivity index (χ2v) is 2.89. The molecule has 0 aliphatic carbocycles. The fourth-order valence-corrected chi connectivity index (χ4v) is 0.866. The maximum atomic E-state index is 4.16. The van der Waals surface area contributed by atoms with Gasteiger partial charge in [-0.15, -0.1) is 5.10 Å². The highest BCUT2D eigenvalue weighted by atomic mass is 15.1. The molecule has 0 saturated carbocycles. The third-order valence-corrected chi connectivity index (χ3v) is 1.62. The quantitative estimate of drug-likeness (QED) is 0.682. The molecule has 1 aromatic rings. The molecule has 0 spiro atoms. The Morgan fingerprint density at radius 3 is 2.71 bits per heavy atom. The van der Waals surface area contributed by atoms with Crippen LogP contribution in [0.25, 0.3) is 5.57 Å². The van der Waals surface area contributed by atoms with E-state index < -0.39 is 0 Å². The fourth-order valence-electron chi connectivity index (χ4n) is 0.866. The predicted molar refractivity (Wildman–Crippen MR) is 57.6 cm³/mol. The van der Waals surface area contributed by atoms with E-state index in [1.807, 2.05) is 32.1 Å². The van der Waals surface area contributed by atoms with Crippen molar-refractivity contribution >= 4 is 5.57 Å². The van der Waals surface area contributed by atoms with Gasteiger partial charge in [-0.05, 0) is 19.4 Å². The van der Waals surface area contributed by atoms with Gasteiger partial charge < -0.3 is 0 Å². The van der Waals surface area contributed by atoms with Crippen LogP contribution in [0.2, 0.25) is 0 Å². The molecular weight excluding hydrogens is 174 g/mol. The summed E-state index contributed by atoms with van der Waals surface area (Å²) < 4.78 is 0. The maximum Gasteiger partial charge on any atom is 0.177 e. The Morgan fingerprint density at radius 1 is 1.36 bits per heavy atom. The Hall–Kier alpha value is -1.77. The summed E-state index contributed by atoms with van der Waals surface area (Å²) in [4.78, 5) is 4.16. The normalized spacial score (nSPS) is 12.0. The Bertz CT molecular complexity index is 361. The van der Waals surface area contributed by atoms with Crippen LogP contribution in [-0.2, 0) is 0 Å². The van der Waals surface area contributed by atoms with Gasteiger partial charge >= 0.3 is 0 Å². The highest BCUT2D eigenvalue weighted by Crippen LogP contribution is 2.06. The summed E-state index contributed by atoms with van der Waals surface area (Å²) in [6.45, 7) is 7.39. The molecule has 0 amide bonds. The van der Waals surface area contributed by atoms with Gasteiger partial charge in [0.15, 0.2) is 5.82 Å². The molecule has 72 valence electrons. The van der Waals surface area contributed by atoms with Crippen LogP contribution in [0.5, 0.6) is 0 Å². The van der Waals surface area contributed by atoms with E-state index in [1.165, 1.54) is 0 Å². The van der Waals surface area contributed by atoms with Crippen LogP contribution in [0, 0.1) is 6.92 Å². The van der Waals surface area contributed by atoms with Crippen molar-refractivity contribution < 1.29 is 0 Å². The van der Waals surface area contributed by atoms with Crippen LogP contribution in [-0.4, -0.2) is 15.2 Å². The van der Waals surface area contributed by atoms with Crippen molar-refractivity contribution in [3.8, 4) is 0 Å². The summed E-state index contributed by atoms with van der Waals surface area (Å²) in [6, 6.07) is 0. The van der Waals surface area contributed by atoms with E-state index >= 15 is 0 Å². The molecule has 0 radical (unpaired) electrons. The smallest absolute Gasteiger partial charge is 0.177 e. The van der Waals surface area contributed by atoms with Crippen molar-refractivity contribution in [2.24, 2.45) is 0 Å². The minimum Gasteiger partial charge on any atom is -0.233 e. The highest BCUT2D eigenvalue weighted by molar-refractivity contribution is 5.58. The van der Waals surface area contributed by atoms with E-state index in [-0.39, 0.29) is 0 Å². The SMILES string of the molecule is C=C/C=C\C=C(/C)c1ncc(C)nn1. The van der Waals surface area contributed by atoms with Crippen LogP contribution >= 0.6 is 0 Å². The monoisotopic (exact) mass is 187 g/mol. The molecule has 1 aromatic heterocycles. The summed E-state index contributed by atoms with van der Waals surface area (Å²) in [6.07, 6.45) is 9.10. The lowest BCUT2D eigenvalue weighted by atomic mass is 10.2. The Morgan fingerprint density at radius 2 is 2.14 bits per heavy atom. The van der Waals surface area contributed by atoms with Gasteiger partial charge in [0.1, 0.15) is 0 Å². The van der Waals surface area contributed by atoms with Crippen LogP contribution in [0.4, 0.5) is 0 Å². The Kier molecular flexibility index (Phi) is 3.73. The van der Waals surface area contributed by atoms with Gasteiger partial charge in [0, 0.05) is 0 Å². The van der Waals surface area contributed by atoms with E-state index in [0.29, 0.717) is 5.82 Å². The Labute approximate surface area is 83.9 Å². The minimum atomic E-state index is 0.657. The first kappa shape index (κ1) is 10.3. The number of hydrogen-bond acceptors (Lipinski definition) is 3. The molecule has 1 heterocycles. The van der Waals surface area contributed by atoms with E-state index in [4.69, 9.17) is 0 Å². The number of nitrogens with zero attached hydrogens (tertiary/aromatic N) is 3. The molecule has 0 N–H and O–H groups in total. The van der Waals surface area contributed by atoms with Gasteiger partial charge in [-0.2, -0.15) is 5.10 Å². The summed E-state index contributed by atoms with van der Waals surface area (Å²) >= 11 is 0. The highest BCUT2D eigenvalue weighted by Gasteiger charge is 1.97. The lowest BCUT2D eigenvalue weighted by Gasteiger charge is -1.96. The first-order chi connectivity index (χ1) is 6.74. The topological polar surface area (TPSA) is 38.7 Å². The van der Waals surface area contributed by atoms with Crippen LogP contribution < -0.4 is 0 Å². The number of rotatable bonds is 3. The minimum absolute atomic E-state index is 0.657. The molecule has 0 saturated heterocycles. The molecule has 3 heteroatoms. The van der Waals surface area contributed by atoms with Crippen LogP contribution in [0.3, 0.4) is 0 Å². The van der Waals surface area contributed by atoms with E-state index in [9.17, 15) is 0 Å². The zero-order chi connectivity index (χ0) is 10.4. The lowest BCUT2D eigenvalue weighted by Crippen LogP contribution is -1.95. The third-order valence-electron chi connectivity index (χ3n) is 1.62. The molecule has 14 heavy (non-hydrogen) atoms. The van der Waals surface area contributed by atoms with Gasteiger partial charge in [-0.1, -0.05) is 30.9 Å². The van der Waals surface area contributed by atoms with Crippen molar-refractivity contribution in [1.82, 2.24) is 15.2 Å². The second-order valence-electron chi connectivity index (χ2n) is 2.89. The van der Waals surface area contributed by atoms with E-state index in [0.717, 1.165) is 11.3 Å². The van der Waals surface area contributed by atoms with Crippen molar-refractivity contribution in [2.75, 3.05) is 0 Å². The summed E-state index contributed by atoms with van der Waals surface area (Å²) in [5, 5.41) is 7.90. The average Bonchev–Trinajstić information content (AvgIpc) is 2.19. The van der Waals surface area contributed by atoms with Gasteiger partial charge in [0.25, 0.3) is 0 Å². The Balaban J connectivity index is 2.83. The van der Waals surface area contributed by atoms with E-state index in [2.05, 4.69) is 21.8 Å². The molecule has 0 bridgehead atoms. The van der Waals surface area contributed by atoms with Crippen LogP contribution in [0.1, 0.15) is 18.4 Å². The van der Waals surface area contributed by atoms with Crippen molar-refractivity contribution in [3.05, 3.63) is 48.6 Å². The molecule has 0 aromatic carbocycles. The lowest BCUT2D eigenvalue weighted by molar-refractivity contribution is 0.903. The maximum absolute atomic E-state index is 4.16. The van der Waals surface area contributed by atoms with Crippen molar-refractivity contribution in [2.45, 2.75) is 13.8 Å². The molecule has 0 unspecified atom stereocenters. The zero-order valence-electron chi connectivity index (χ0n) is 8.44. The van der Waals surface area contributed by atoms with Crippen molar-refractivity contribution in [3.63, 3.8) is 0 Å². The average molecular weight is 187 g/mol. The molecule has 0 fully saturated rings. The summed E-state index contributed by atoms with van der Waals surface area (Å²) in [7, 11) is 0. The van der Waals surface area contributed by atoms with Gasteiger partial charge in [0.05, 0.1) is 11.9 Å². The number of aryl methyl sites for hydroxylation is 1. The molecule has 1 rings (SSSR count). The van der Waals surface area contributed by atoms with Crippen molar-refractivity contribution in [1.29, 1.82) is 0 Å². The largest absolute Gasteiger partial charge is 0.233 e. The first-order valence-corrected chi connectivity index (χ1v) is 4.36. The summed E-state index contributed by atoms with van der Waals surface area (Å²) in [5.74, 6) is 0.657. The molecule has 0 aliphatic heterocycles. The van der Waals surface area contributed by atoms with Gasteiger partial charge in [-0.3, -0.25) is 0 Å². The van der Waals surface area contributed by atoms with Crippen LogP contribution in [0.15, 0.2) is 37.1 Å². The molecule has 0 aliphatic rings. The fraction of sp³-hybridized carbons (Fsp3) is 0.182. The standard InChI is InChI=1S/C11H13N3/c1-4-5-6-7-9(2)11-12-8-10(3)13-14-11/h4-8H,1H2,2-3H3/b6-5-,9-7+. The third kappa shape index (κ3) is 2.94. The van der Waals surface area contributed by atoms with Gasteiger partial charge in [0.2, 0.25) is 0 Å². The number of hydrogen-bond donors (Lipinski definition) is 0. The number of aromatic nitrogens is 3. The zero-order valence-corrected chi connectivity index (χ0v) is 8.44. The first-order valence-electron chi connectivity index (χ1n) is 4.36. The number of allylic oxidation sites excluding steroid dienone is 5. The second kappa shape index (κ2) is 5.07. The molecule has 3 nitrogen and oxygen atoms in total. The summed E-state index contributed by atoms with van der Waals surface area (Å²) in [5.41, 5.74) is 1.80. The molecule has 0 atom stereocenters. The van der Waals surface area contributed by atoms with E-state index in [1.54, 1.807) is 12.3 Å².